The molecule has 1 aromatic heterocycles. The molecule has 1 fully saturated rings. The fourth-order valence-electron chi connectivity index (χ4n) is 4.27. The minimum Gasteiger partial charge on any atom is -0.496 e. The normalized spacial score (nSPS) is 14.6. The van der Waals surface area contributed by atoms with Crippen molar-refractivity contribution in [2.45, 2.75) is 32.3 Å². The van der Waals surface area contributed by atoms with E-state index in [0.29, 0.717) is 39.0 Å². The molecule has 3 aromatic rings. The highest BCUT2D eigenvalue weighted by atomic mass is 35.5. The molecule has 9 heteroatoms. The fraction of sp³-hybridized carbons (Fsp3) is 0.385. The van der Waals surface area contributed by atoms with Crippen molar-refractivity contribution in [3.8, 4) is 17.2 Å². The van der Waals surface area contributed by atoms with Crippen LogP contribution in [0.4, 0.5) is 11.6 Å². The fourth-order valence-corrected chi connectivity index (χ4v) is 4.80. The SMILES string of the molecule is COc1cc(Nc2ncc(OCc3c(Cl)c(C)cc(OC)c3Cl)cn2)ccc1C1CCN(C)CC1. The van der Waals surface area contributed by atoms with Gasteiger partial charge in [-0.05, 0) is 69.1 Å². The van der Waals surface area contributed by atoms with Crippen molar-refractivity contribution >= 4 is 34.8 Å². The summed E-state index contributed by atoms with van der Waals surface area (Å²) in [5.74, 6) is 2.91. The zero-order chi connectivity index (χ0) is 24.9. The lowest BCUT2D eigenvalue weighted by atomic mass is 9.89. The van der Waals surface area contributed by atoms with Gasteiger partial charge in [0, 0.05) is 17.3 Å². The average molecular weight is 517 g/mol. The Bertz CT molecular complexity index is 1170. The van der Waals surface area contributed by atoms with Gasteiger partial charge in [0.15, 0.2) is 5.75 Å². The van der Waals surface area contributed by atoms with Crippen LogP contribution in [-0.4, -0.2) is 49.2 Å². The summed E-state index contributed by atoms with van der Waals surface area (Å²) in [6.45, 7) is 4.27. The Morgan fingerprint density at radius 1 is 1.00 bits per heavy atom. The van der Waals surface area contributed by atoms with Gasteiger partial charge in [0.2, 0.25) is 5.95 Å². The van der Waals surface area contributed by atoms with E-state index < -0.39 is 0 Å². The number of hydrogen-bond acceptors (Lipinski definition) is 7. The summed E-state index contributed by atoms with van der Waals surface area (Å²) in [6.07, 6.45) is 5.48. The van der Waals surface area contributed by atoms with E-state index in [4.69, 9.17) is 37.4 Å². The molecule has 0 saturated carbocycles. The molecule has 186 valence electrons. The van der Waals surface area contributed by atoms with Crippen LogP contribution in [0.25, 0.3) is 0 Å². The van der Waals surface area contributed by atoms with E-state index in [0.717, 1.165) is 42.9 Å². The maximum Gasteiger partial charge on any atom is 0.227 e. The monoisotopic (exact) mass is 516 g/mol. The number of nitrogens with one attached hydrogen (secondary N) is 1. The Morgan fingerprint density at radius 2 is 1.69 bits per heavy atom. The molecule has 0 unspecified atom stereocenters. The summed E-state index contributed by atoms with van der Waals surface area (Å²) >= 11 is 12.8. The molecule has 0 atom stereocenters. The van der Waals surface area contributed by atoms with E-state index in [1.165, 1.54) is 5.56 Å². The Kier molecular flexibility index (Phi) is 8.21. The zero-order valence-corrected chi connectivity index (χ0v) is 21.9. The molecule has 0 amide bonds. The highest BCUT2D eigenvalue weighted by Gasteiger charge is 2.21. The Morgan fingerprint density at radius 3 is 2.34 bits per heavy atom. The molecule has 2 aromatic carbocycles. The third-order valence-electron chi connectivity index (χ3n) is 6.32. The summed E-state index contributed by atoms with van der Waals surface area (Å²) in [6, 6.07) is 7.97. The second-order valence-corrected chi connectivity index (χ2v) is 9.45. The quantitative estimate of drug-likeness (QED) is 0.379. The third-order valence-corrected chi connectivity index (χ3v) is 7.26. The number of aromatic nitrogens is 2. The molecule has 0 aliphatic carbocycles. The van der Waals surface area contributed by atoms with Gasteiger partial charge in [-0.15, -0.1) is 0 Å². The Labute approximate surface area is 216 Å². The third kappa shape index (κ3) is 5.92. The maximum atomic E-state index is 6.43. The van der Waals surface area contributed by atoms with E-state index >= 15 is 0 Å². The van der Waals surface area contributed by atoms with Crippen LogP contribution in [0.15, 0.2) is 36.7 Å². The van der Waals surface area contributed by atoms with Gasteiger partial charge in [0.1, 0.15) is 18.1 Å². The van der Waals surface area contributed by atoms with Gasteiger partial charge >= 0.3 is 0 Å². The molecular formula is C26H30Cl2N4O3. The number of benzene rings is 2. The Hall–Kier alpha value is -2.74. The molecule has 2 heterocycles. The average Bonchev–Trinajstić information content (AvgIpc) is 2.87. The van der Waals surface area contributed by atoms with E-state index in [2.05, 4.69) is 33.3 Å². The summed E-state index contributed by atoms with van der Waals surface area (Å²) < 4.78 is 16.9. The van der Waals surface area contributed by atoms with Gasteiger partial charge in [-0.1, -0.05) is 29.3 Å². The van der Waals surface area contributed by atoms with Crippen LogP contribution >= 0.6 is 23.2 Å². The lowest BCUT2D eigenvalue weighted by molar-refractivity contribution is 0.252. The van der Waals surface area contributed by atoms with Crippen molar-refractivity contribution in [3.05, 3.63) is 63.4 Å². The van der Waals surface area contributed by atoms with E-state index in [9.17, 15) is 0 Å². The summed E-state index contributed by atoms with van der Waals surface area (Å²) in [4.78, 5) is 11.1. The molecule has 35 heavy (non-hydrogen) atoms. The minimum absolute atomic E-state index is 0.168. The lowest BCUT2D eigenvalue weighted by Crippen LogP contribution is -2.29. The van der Waals surface area contributed by atoms with Crippen molar-refractivity contribution in [2.75, 3.05) is 39.7 Å². The zero-order valence-electron chi connectivity index (χ0n) is 20.4. The number of hydrogen-bond donors (Lipinski definition) is 1. The van der Waals surface area contributed by atoms with E-state index in [-0.39, 0.29) is 6.61 Å². The summed E-state index contributed by atoms with van der Waals surface area (Å²) in [5.41, 5.74) is 3.63. The van der Waals surface area contributed by atoms with E-state index in [1.807, 2.05) is 19.1 Å². The van der Waals surface area contributed by atoms with Gasteiger partial charge in [-0.25, -0.2) is 9.97 Å². The summed E-state index contributed by atoms with van der Waals surface area (Å²) in [5, 5.41) is 4.21. The standard InChI is InChI=1S/C26H30Cl2N4O3/c1-16-11-23(34-4)25(28)21(24(16)27)15-35-19-13-29-26(30-14-19)31-18-5-6-20(22(12-18)33-3)17-7-9-32(2)10-8-17/h5-6,11-14,17H,7-10,15H2,1-4H3,(H,29,30,31). The second-order valence-electron chi connectivity index (χ2n) is 8.69. The van der Waals surface area contributed by atoms with Crippen molar-refractivity contribution in [1.29, 1.82) is 0 Å². The van der Waals surface area contributed by atoms with Crippen LogP contribution in [-0.2, 0) is 6.61 Å². The lowest BCUT2D eigenvalue weighted by Gasteiger charge is -2.30. The number of nitrogens with zero attached hydrogens (tertiary/aromatic N) is 3. The molecule has 1 saturated heterocycles. The highest BCUT2D eigenvalue weighted by Crippen LogP contribution is 2.37. The number of piperidine rings is 1. The van der Waals surface area contributed by atoms with Crippen LogP contribution in [0.2, 0.25) is 10.0 Å². The van der Waals surface area contributed by atoms with Gasteiger partial charge < -0.3 is 24.4 Å². The number of rotatable bonds is 8. The number of likely N-dealkylation sites (tertiary alicyclic amines) is 1. The first-order valence-corrected chi connectivity index (χ1v) is 12.2. The van der Waals surface area contributed by atoms with Crippen LogP contribution in [0.3, 0.4) is 0 Å². The molecule has 1 aliphatic heterocycles. The highest BCUT2D eigenvalue weighted by molar-refractivity contribution is 6.37. The molecule has 1 N–H and O–H groups in total. The van der Waals surface area contributed by atoms with E-state index in [1.54, 1.807) is 32.7 Å². The van der Waals surface area contributed by atoms with Crippen molar-refractivity contribution in [1.82, 2.24) is 14.9 Å². The molecule has 7 nitrogen and oxygen atoms in total. The van der Waals surface area contributed by atoms with Gasteiger partial charge in [0.05, 0.1) is 36.7 Å². The topological polar surface area (TPSA) is 68.7 Å². The predicted octanol–water partition coefficient (Wildman–Crippen LogP) is 6.24. The predicted molar refractivity (Wildman–Crippen MR) is 140 cm³/mol. The van der Waals surface area contributed by atoms with Crippen molar-refractivity contribution in [3.63, 3.8) is 0 Å². The molecule has 0 spiro atoms. The van der Waals surface area contributed by atoms with Crippen molar-refractivity contribution < 1.29 is 14.2 Å². The molecular weight excluding hydrogens is 487 g/mol. The number of ether oxygens (including phenoxy) is 3. The van der Waals surface area contributed by atoms with Gasteiger partial charge in [0.25, 0.3) is 0 Å². The number of halogens is 2. The van der Waals surface area contributed by atoms with Crippen molar-refractivity contribution in [2.24, 2.45) is 0 Å². The largest absolute Gasteiger partial charge is 0.496 e. The maximum absolute atomic E-state index is 6.43. The Balaban J connectivity index is 1.41. The number of aryl methyl sites for hydroxylation is 1. The smallest absolute Gasteiger partial charge is 0.227 e. The van der Waals surface area contributed by atoms with Gasteiger partial charge in [-0.2, -0.15) is 0 Å². The first kappa shape index (κ1) is 25.4. The molecule has 0 bridgehead atoms. The van der Waals surface area contributed by atoms with Crippen LogP contribution in [0.5, 0.6) is 17.2 Å². The molecule has 0 radical (unpaired) electrons. The summed E-state index contributed by atoms with van der Waals surface area (Å²) in [7, 11) is 5.44. The second kappa shape index (κ2) is 11.3. The first-order valence-electron chi connectivity index (χ1n) is 11.5. The number of anilines is 2. The minimum atomic E-state index is 0.168. The number of methoxy groups -OCH3 is 2. The molecule has 1 aliphatic rings. The van der Waals surface area contributed by atoms with Gasteiger partial charge in [-0.3, -0.25) is 0 Å². The molecule has 4 rings (SSSR count). The van der Waals surface area contributed by atoms with Crippen LogP contribution in [0, 0.1) is 6.92 Å². The van der Waals surface area contributed by atoms with Crippen LogP contribution in [0.1, 0.15) is 35.4 Å². The first-order chi connectivity index (χ1) is 16.9. The van der Waals surface area contributed by atoms with Crippen LogP contribution < -0.4 is 19.5 Å².